The molecular formula is C54H70Cl2Zr. The summed E-state index contributed by atoms with van der Waals surface area (Å²) >= 11 is -3.04. The van der Waals surface area contributed by atoms with Crippen molar-refractivity contribution in [1.29, 1.82) is 0 Å². The van der Waals surface area contributed by atoms with Crippen molar-refractivity contribution in [3.8, 4) is 11.1 Å². The van der Waals surface area contributed by atoms with Gasteiger partial charge in [0.25, 0.3) is 0 Å². The molecule has 6 rings (SSSR count). The standard InChI is InChI=1S/C21H25.C21H26.C12H19.2ClH.Zr/c1-20(2,3)16-9-7-14-11-15-8-10-17(21(4,5)6)13-19(15)18(14)12-16;1-20(2,3)18-11-7-16(8-12-18)15-17-9-13-19(14-10-17)21(4,5)6;1-6-10-7-9(2)8-11(10)12(3,4)5;;;/h7-13H,1-6H3;7-14H,1-6H3;8-9H,6H2,1-5H3;2*1H;/q;;;;;+2/p-2. The maximum absolute atomic E-state index is 3.04. The first-order valence-corrected chi connectivity index (χ1v) is 24.9. The largest absolute Gasteiger partial charge is 1.00 e. The van der Waals surface area contributed by atoms with E-state index in [2.05, 4.69) is 209 Å². The van der Waals surface area contributed by atoms with E-state index in [1.807, 2.05) is 0 Å². The van der Waals surface area contributed by atoms with Crippen LogP contribution in [0.1, 0.15) is 172 Å². The van der Waals surface area contributed by atoms with Crippen LogP contribution >= 0.6 is 0 Å². The second kappa shape index (κ2) is 16.6. The fourth-order valence-corrected chi connectivity index (χ4v) is 19.3. The Balaban J connectivity index is 0.00000360. The molecule has 0 nitrogen and oxygen atoms in total. The first-order valence-electron chi connectivity index (χ1n) is 21.0. The van der Waals surface area contributed by atoms with Crippen molar-refractivity contribution in [1.82, 2.24) is 0 Å². The summed E-state index contributed by atoms with van der Waals surface area (Å²) in [7, 11) is 0. The molecule has 2 aliphatic rings. The van der Waals surface area contributed by atoms with Gasteiger partial charge in [-0.1, -0.05) is 0 Å². The molecule has 0 saturated heterocycles. The zero-order valence-electron chi connectivity index (χ0n) is 38.3. The summed E-state index contributed by atoms with van der Waals surface area (Å²) in [6.45, 7) is 40.4. The minimum atomic E-state index is -3.04. The van der Waals surface area contributed by atoms with Crippen molar-refractivity contribution >= 4 is 3.21 Å². The van der Waals surface area contributed by atoms with Gasteiger partial charge < -0.3 is 24.8 Å². The van der Waals surface area contributed by atoms with E-state index in [1.165, 1.54) is 44.5 Å². The van der Waals surface area contributed by atoms with Gasteiger partial charge in [0.1, 0.15) is 0 Å². The predicted octanol–water partition coefficient (Wildman–Crippen LogP) is 9.13. The Hall–Kier alpha value is -2.31. The Morgan fingerprint density at radius 3 is 1.16 bits per heavy atom. The van der Waals surface area contributed by atoms with Gasteiger partial charge >= 0.3 is 346 Å². The van der Waals surface area contributed by atoms with E-state index < -0.39 is 21.3 Å². The van der Waals surface area contributed by atoms with Crippen LogP contribution in [-0.2, 0) is 42.9 Å². The number of fused-ring (bicyclic) bond motifs is 3. The Morgan fingerprint density at radius 2 is 0.842 bits per heavy atom. The maximum Gasteiger partial charge on any atom is -1.00 e. The predicted molar refractivity (Wildman–Crippen MR) is 239 cm³/mol. The number of benzene rings is 4. The quantitative estimate of drug-likeness (QED) is 0.188. The normalized spacial score (nSPS) is 15.9. The number of rotatable bonds is 5. The average Bonchev–Trinajstić information content (AvgIpc) is 3.59. The maximum atomic E-state index is 2.67. The van der Waals surface area contributed by atoms with Crippen molar-refractivity contribution in [2.75, 3.05) is 0 Å². The Kier molecular flexibility index (Phi) is 13.8. The van der Waals surface area contributed by atoms with Gasteiger partial charge in [-0.3, -0.25) is 0 Å². The van der Waals surface area contributed by atoms with Crippen LogP contribution in [0.3, 0.4) is 0 Å². The Morgan fingerprint density at radius 1 is 0.491 bits per heavy atom. The van der Waals surface area contributed by atoms with E-state index in [-0.39, 0.29) is 51.9 Å². The van der Waals surface area contributed by atoms with Crippen LogP contribution < -0.4 is 24.8 Å². The molecule has 304 valence electrons. The third-order valence-electron chi connectivity index (χ3n) is 12.4. The summed E-state index contributed by atoms with van der Waals surface area (Å²) in [5.41, 5.74) is 18.1. The number of halogens is 2. The number of hydrogen-bond acceptors (Lipinski definition) is 0. The van der Waals surface area contributed by atoms with Crippen LogP contribution in [-0.4, -0.2) is 3.21 Å². The van der Waals surface area contributed by atoms with Crippen LogP contribution in [0.2, 0.25) is 0 Å². The SMILES string of the molecule is CCC1=[C]([Zr+2](=[C](c2ccc(C(C)(C)C)cc2)c2ccc(C(C)(C)C)cc2)[CH]2c3ccc(C(C)(C)C)cc3-c3cc(C(C)(C)C)ccc32)C(C)C=C1C(C)(C)C.[Cl-].[Cl-]. The van der Waals surface area contributed by atoms with E-state index in [9.17, 15) is 0 Å². The summed E-state index contributed by atoms with van der Waals surface area (Å²) < 4.78 is 3.80. The van der Waals surface area contributed by atoms with Crippen molar-refractivity contribution in [3.63, 3.8) is 0 Å². The molecule has 0 bridgehead atoms. The molecule has 3 heteroatoms. The summed E-state index contributed by atoms with van der Waals surface area (Å²) in [6.07, 6.45) is 3.74. The zero-order valence-corrected chi connectivity index (χ0v) is 42.2. The minimum Gasteiger partial charge on any atom is -1.00 e. The molecule has 0 amide bonds. The van der Waals surface area contributed by atoms with Crippen molar-refractivity contribution in [2.24, 2.45) is 11.3 Å². The van der Waals surface area contributed by atoms with E-state index in [0.29, 0.717) is 9.54 Å². The Bertz CT molecular complexity index is 2070. The van der Waals surface area contributed by atoms with Crippen molar-refractivity contribution < 1.29 is 46.1 Å². The number of allylic oxidation sites excluding steroid dienone is 4. The molecule has 1 atom stereocenters. The third kappa shape index (κ3) is 9.38. The van der Waals surface area contributed by atoms with Crippen LogP contribution in [0.5, 0.6) is 0 Å². The van der Waals surface area contributed by atoms with Gasteiger partial charge in [0.05, 0.1) is 0 Å². The van der Waals surface area contributed by atoms with E-state index >= 15 is 0 Å². The van der Waals surface area contributed by atoms with Gasteiger partial charge in [-0.2, -0.15) is 0 Å². The van der Waals surface area contributed by atoms with Gasteiger partial charge in [-0.15, -0.1) is 0 Å². The molecule has 0 aliphatic heterocycles. The van der Waals surface area contributed by atoms with Gasteiger partial charge in [-0.25, -0.2) is 0 Å². The average molecular weight is 881 g/mol. The minimum absolute atomic E-state index is 0. The molecule has 0 saturated carbocycles. The van der Waals surface area contributed by atoms with Gasteiger partial charge in [0.2, 0.25) is 0 Å². The second-order valence-electron chi connectivity index (χ2n) is 21.8. The molecular weight excluding hydrogens is 811 g/mol. The Labute approximate surface area is 368 Å². The summed E-state index contributed by atoms with van der Waals surface area (Å²) in [5, 5.41) is 0. The molecule has 0 spiro atoms. The van der Waals surface area contributed by atoms with Gasteiger partial charge in [0.15, 0.2) is 0 Å². The van der Waals surface area contributed by atoms with Crippen LogP contribution in [0.4, 0.5) is 0 Å². The van der Waals surface area contributed by atoms with E-state index in [1.54, 1.807) is 28.8 Å². The van der Waals surface area contributed by atoms with Gasteiger partial charge in [-0.05, 0) is 0 Å². The molecule has 0 N–H and O–H groups in total. The summed E-state index contributed by atoms with van der Waals surface area (Å²) in [4.78, 5) is 0. The van der Waals surface area contributed by atoms with Crippen molar-refractivity contribution in [3.05, 3.63) is 150 Å². The van der Waals surface area contributed by atoms with Crippen LogP contribution in [0.25, 0.3) is 11.1 Å². The van der Waals surface area contributed by atoms with Gasteiger partial charge in [0, 0.05) is 0 Å². The zero-order chi connectivity index (χ0) is 40.6. The van der Waals surface area contributed by atoms with E-state index in [4.69, 9.17) is 0 Å². The molecule has 1 unspecified atom stereocenters. The second-order valence-corrected chi connectivity index (χ2v) is 27.9. The molecule has 0 radical (unpaired) electrons. The molecule has 0 aromatic heterocycles. The smallest absolute Gasteiger partial charge is 1.00 e. The molecule has 4 aromatic carbocycles. The molecule has 2 aliphatic carbocycles. The number of hydrogen-bond donors (Lipinski definition) is 0. The molecule has 4 aromatic rings. The monoisotopic (exact) mass is 878 g/mol. The molecule has 57 heavy (non-hydrogen) atoms. The van der Waals surface area contributed by atoms with Crippen molar-refractivity contribution in [2.45, 2.75) is 149 Å². The molecule has 0 fully saturated rings. The summed E-state index contributed by atoms with van der Waals surface area (Å²) in [6, 6.07) is 34.8. The fraction of sp³-hybridized carbons (Fsp3) is 0.463. The molecule has 0 heterocycles. The summed E-state index contributed by atoms with van der Waals surface area (Å²) in [5.74, 6) is 0.409. The fourth-order valence-electron chi connectivity index (χ4n) is 9.03. The first kappa shape index (κ1) is 47.4. The van der Waals surface area contributed by atoms with Crippen LogP contribution in [0, 0.1) is 11.3 Å². The first-order chi connectivity index (χ1) is 25.3. The topological polar surface area (TPSA) is 0 Å². The third-order valence-corrected chi connectivity index (χ3v) is 21.3. The van der Waals surface area contributed by atoms with E-state index in [0.717, 1.165) is 6.42 Å². The van der Waals surface area contributed by atoms with Crippen LogP contribution in [0.15, 0.2) is 105 Å².